The van der Waals surface area contributed by atoms with Crippen molar-refractivity contribution in [3.05, 3.63) is 60.6 Å². The first-order chi connectivity index (χ1) is 15.7. The lowest BCUT2D eigenvalue weighted by Crippen LogP contribution is -2.53. The number of hydrogen-bond acceptors (Lipinski definition) is 6. The van der Waals surface area contributed by atoms with Gasteiger partial charge in [-0.25, -0.2) is 9.97 Å². The summed E-state index contributed by atoms with van der Waals surface area (Å²) in [6, 6.07) is 7.14. The molecule has 5 rings (SSSR count). The van der Waals surface area contributed by atoms with Crippen LogP contribution in [0.5, 0.6) is 5.75 Å². The second kappa shape index (κ2) is 7.48. The number of imidazole rings is 1. The Morgan fingerprint density at radius 2 is 1.82 bits per heavy atom. The Bertz CT molecular complexity index is 1370. The molecule has 0 amide bonds. The van der Waals surface area contributed by atoms with Gasteiger partial charge >= 0.3 is 0 Å². The van der Waals surface area contributed by atoms with E-state index < -0.39 is 5.95 Å². The Kier molecular flexibility index (Phi) is 4.82. The van der Waals surface area contributed by atoms with Crippen LogP contribution in [0.1, 0.15) is 39.8 Å². The first kappa shape index (κ1) is 21.3. The lowest BCUT2D eigenvalue weighted by Gasteiger charge is -2.41. The molecule has 1 aliphatic heterocycles. The maximum absolute atomic E-state index is 15.4. The van der Waals surface area contributed by atoms with Gasteiger partial charge < -0.3 is 10.1 Å². The van der Waals surface area contributed by atoms with E-state index >= 15 is 4.39 Å². The van der Waals surface area contributed by atoms with Gasteiger partial charge in [0, 0.05) is 28.9 Å². The number of rotatable bonds is 4. The van der Waals surface area contributed by atoms with Gasteiger partial charge in [-0.3, -0.25) is 4.40 Å². The van der Waals surface area contributed by atoms with Gasteiger partial charge in [-0.05, 0) is 57.9 Å². The van der Waals surface area contributed by atoms with E-state index in [4.69, 9.17) is 9.72 Å². The fourth-order valence-electron chi connectivity index (χ4n) is 4.68. The van der Waals surface area contributed by atoms with Gasteiger partial charge in [0.1, 0.15) is 11.4 Å². The molecule has 4 heterocycles. The van der Waals surface area contributed by atoms with E-state index in [2.05, 4.69) is 54.3 Å². The minimum Gasteiger partial charge on any atom is -0.496 e. The summed E-state index contributed by atoms with van der Waals surface area (Å²) in [6.45, 7) is 8.60. The van der Waals surface area contributed by atoms with Crippen molar-refractivity contribution < 1.29 is 9.13 Å². The van der Waals surface area contributed by atoms with E-state index in [0.29, 0.717) is 22.8 Å². The molecule has 0 spiro atoms. The number of halogens is 1. The van der Waals surface area contributed by atoms with Crippen molar-refractivity contribution in [2.75, 3.05) is 7.11 Å². The lowest BCUT2D eigenvalue weighted by molar-refractivity contribution is 0.297. The second-order valence-corrected chi connectivity index (χ2v) is 9.51. The summed E-state index contributed by atoms with van der Waals surface area (Å²) >= 11 is 0. The third-order valence-electron chi connectivity index (χ3n) is 5.68. The molecule has 0 fully saturated rings. The molecule has 0 bridgehead atoms. The summed E-state index contributed by atoms with van der Waals surface area (Å²) in [5.41, 5.74) is 3.07. The fraction of sp³-hybridized carbons (Fsp3) is 0.333. The largest absolute Gasteiger partial charge is 0.496 e. The minimum absolute atomic E-state index is 0.0776. The Morgan fingerprint density at radius 3 is 2.52 bits per heavy atom. The smallest absolute Gasteiger partial charge is 0.237 e. The van der Waals surface area contributed by atoms with Crippen molar-refractivity contribution in [2.45, 2.75) is 45.2 Å². The van der Waals surface area contributed by atoms with Gasteiger partial charge in [-0.1, -0.05) is 6.08 Å². The molecule has 0 atom stereocenters. The van der Waals surface area contributed by atoms with Crippen LogP contribution in [0.3, 0.4) is 0 Å². The summed E-state index contributed by atoms with van der Waals surface area (Å²) < 4.78 is 22.3. The van der Waals surface area contributed by atoms with E-state index in [9.17, 15) is 0 Å². The van der Waals surface area contributed by atoms with E-state index in [-0.39, 0.29) is 16.8 Å². The van der Waals surface area contributed by atoms with E-state index in [1.807, 2.05) is 6.07 Å². The van der Waals surface area contributed by atoms with Crippen LogP contribution in [0, 0.1) is 5.95 Å². The van der Waals surface area contributed by atoms with Gasteiger partial charge in [0.15, 0.2) is 0 Å². The normalized spacial score (nSPS) is 17.2. The van der Waals surface area contributed by atoms with Gasteiger partial charge in [-0.15, -0.1) is 0 Å². The van der Waals surface area contributed by atoms with Crippen molar-refractivity contribution in [3.63, 3.8) is 0 Å². The molecule has 0 unspecified atom stereocenters. The zero-order valence-corrected chi connectivity index (χ0v) is 19.3. The summed E-state index contributed by atoms with van der Waals surface area (Å²) in [7, 11) is 1.54. The molecular weight excluding hydrogens is 421 g/mol. The van der Waals surface area contributed by atoms with Gasteiger partial charge in [0.2, 0.25) is 11.7 Å². The van der Waals surface area contributed by atoms with E-state index in [1.165, 1.54) is 16.3 Å². The highest BCUT2D eigenvalue weighted by molar-refractivity contribution is 5.72. The van der Waals surface area contributed by atoms with Crippen LogP contribution in [-0.2, 0) is 0 Å². The molecule has 1 aromatic carbocycles. The molecular formula is C24H26FN7O. The van der Waals surface area contributed by atoms with Crippen LogP contribution in [-0.4, -0.2) is 47.6 Å². The quantitative estimate of drug-likeness (QED) is 0.508. The summed E-state index contributed by atoms with van der Waals surface area (Å²) in [5.74, 6) is 0.277. The molecule has 3 aromatic heterocycles. The second-order valence-electron chi connectivity index (χ2n) is 9.51. The number of nitrogens with one attached hydrogen (secondary N) is 1. The number of aromatic nitrogens is 6. The maximum Gasteiger partial charge on any atom is 0.237 e. The molecule has 8 nitrogen and oxygen atoms in total. The number of hydrogen-bond donors (Lipinski definition) is 1. The standard InChI is InChI=1S/C24H26FN7O/c1-23(2)13-15(14-24(3,4)30-23)18-8-11-31-21(25)20(29-22(31)28-18)17-7-6-16(12-19(17)33-5)32-26-9-10-27-32/h6-13,30H,14H2,1-5H3. The Labute approximate surface area is 191 Å². The minimum atomic E-state index is -0.493. The van der Waals surface area contributed by atoms with Crippen molar-refractivity contribution in [3.8, 4) is 22.7 Å². The van der Waals surface area contributed by atoms with E-state index in [1.54, 1.807) is 36.8 Å². The van der Waals surface area contributed by atoms with Crippen LogP contribution < -0.4 is 10.1 Å². The zero-order valence-electron chi connectivity index (χ0n) is 19.3. The lowest BCUT2D eigenvalue weighted by atomic mass is 9.82. The summed E-state index contributed by atoms with van der Waals surface area (Å²) in [4.78, 5) is 10.7. The van der Waals surface area contributed by atoms with Gasteiger partial charge in [0.25, 0.3) is 0 Å². The first-order valence-electron chi connectivity index (χ1n) is 10.8. The predicted octanol–water partition coefficient (Wildman–Crippen LogP) is 4.06. The summed E-state index contributed by atoms with van der Waals surface area (Å²) in [6.07, 6.45) is 7.85. The molecule has 33 heavy (non-hydrogen) atoms. The maximum atomic E-state index is 15.4. The molecule has 1 aliphatic rings. The molecule has 1 N–H and O–H groups in total. The van der Waals surface area contributed by atoms with Crippen LogP contribution in [0.25, 0.3) is 28.3 Å². The monoisotopic (exact) mass is 447 g/mol. The molecule has 0 saturated carbocycles. The van der Waals surface area contributed by atoms with Crippen molar-refractivity contribution in [1.29, 1.82) is 0 Å². The van der Waals surface area contributed by atoms with Crippen molar-refractivity contribution in [2.24, 2.45) is 0 Å². The predicted molar refractivity (Wildman–Crippen MR) is 124 cm³/mol. The van der Waals surface area contributed by atoms with Crippen LogP contribution in [0.2, 0.25) is 0 Å². The van der Waals surface area contributed by atoms with E-state index in [0.717, 1.165) is 17.7 Å². The molecule has 0 aliphatic carbocycles. The fourth-order valence-corrected chi connectivity index (χ4v) is 4.68. The van der Waals surface area contributed by atoms with Crippen molar-refractivity contribution in [1.82, 2.24) is 34.7 Å². The van der Waals surface area contributed by atoms with Gasteiger partial charge in [-0.2, -0.15) is 19.4 Å². The number of nitrogens with zero attached hydrogens (tertiary/aromatic N) is 6. The van der Waals surface area contributed by atoms with Crippen molar-refractivity contribution >= 4 is 11.4 Å². The Hall–Kier alpha value is -3.59. The molecule has 4 aromatic rings. The SMILES string of the molecule is COc1cc(-n2nccn2)ccc1-c1nc2nc(C3=CC(C)(C)NC(C)(C)C3)ccn2c1F. The number of methoxy groups -OCH3 is 1. The van der Waals surface area contributed by atoms with Crippen LogP contribution in [0.15, 0.2) is 48.9 Å². The molecule has 0 radical (unpaired) electrons. The molecule has 170 valence electrons. The molecule has 9 heteroatoms. The van der Waals surface area contributed by atoms with Gasteiger partial charge in [0.05, 0.1) is 30.9 Å². The number of benzene rings is 1. The molecule has 0 saturated heterocycles. The average Bonchev–Trinajstić information content (AvgIpc) is 3.39. The topological polar surface area (TPSA) is 82.2 Å². The summed E-state index contributed by atoms with van der Waals surface area (Å²) in [5, 5.41) is 11.9. The zero-order chi connectivity index (χ0) is 23.4. The third-order valence-corrected chi connectivity index (χ3v) is 5.68. The number of ether oxygens (including phenoxy) is 1. The first-order valence-corrected chi connectivity index (χ1v) is 10.8. The highest BCUT2D eigenvalue weighted by atomic mass is 19.1. The number of fused-ring (bicyclic) bond motifs is 1. The Balaban J connectivity index is 1.58. The van der Waals surface area contributed by atoms with Crippen LogP contribution >= 0.6 is 0 Å². The Morgan fingerprint density at radius 1 is 1.06 bits per heavy atom. The third kappa shape index (κ3) is 3.89. The highest BCUT2D eigenvalue weighted by Gasteiger charge is 2.33. The van der Waals surface area contributed by atoms with Crippen LogP contribution in [0.4, 0.5) is 4.39 Å². The average molecular weight is 448 g/mol. The highest BCUT2D eigenvalue weighted by Crippen LogP contribution is 2.35.